The summed E-state index contributed by atoms with van der Waals surface area (Å²) in [6, 6.07) is 66.7. The van der Waals surface area contributed by atoms with Crippen LogP contribution in [-0.2, 0) is 5.41 Å². The molecule has 9 aromatic rings. The molecule has 2 nitrogen and oxygen atoms in total. The van der Waals surface area contributed by atoms with Gasteiger partial charge in [0.2, 0.25) is 0 Å². The van der Waals surface area contributed by atoms with Crippen LogP contribution in [0.4, 0.5) is 17.1 Å². The summed E-state index contributed by atoms with van der Waals surface area (Å²) in [7, 11) is 0. The molecule has 1 aromatic heterocycles. The Bertz CT molecular complexity index is 2730. The lowest BCUT2D eigenvalue weighted by molar-refractivity contribution is 0.661. The molecule has 0 N–H and O–H groups in total. The molecule has 0 unspecified atom stereocenters. The van der Waals surface area contributed by atoms with Gasteiger partial charge in [0.25, 0.3) is 0 Å². The third-order valence-electron chi connectivity index (χ3n) is 10.9. The third-order valence-corrected chi connectivity index (χ3v) is 10.9. The lowest BCUT2D eigenvalue weighted by atomic mass is 9.81. The summed E-state index contributed by atoms with van der Waals surface area (Å²) in [5.41, 5.74) is 14.5. The number of nitrogens with zero attached hydrogens (tertiary/aromatic N) is 2. The molecule has 8 aromatic carbocycles. The van der Waals surface area contributed by atoms with Gasteiger partial charge < -0.3 is 9.47 Å². The van der Waals surface area contributed by atoms with Gasteiger partial charge in [-0.25, -0.2) is 0 Å². The third kappa shape index (κ3) is 4.43. The van der Waals surface area contributed by atoms with Crippen LogP contribution in [0.25, 0.3) is 60.5 Å². The van der Waals surface area contributed by atoms with Crippen molar-refractivity contribution in [2.75, 3.05) is 4.90 Å². The number of aromatic nitrogens is 1. The van der Waals surface area contributed by atoms with Gasteiger partial charge in [-0.2, -0.15) is 0 Å². The Morgan fingerprint density at radius 1 is 0.471 bits per heavy atom. The monoisotopic (exact) mass is 652 g/mol. The van der Waals surface area contributed by atoms with Crippen molar-refractivity contribution in [1.82, 2.24) is 4.57 Å². The number of hydrogen-bond donors (Lipinski definition) is 0. The number of rotatable bonds is 5. The van der Waals surface area contributed by atoms with Crippen LogP contribution in [0.3, 0.4) is 0 Å². The van der Waals surface area contributed by atoms with Crippen LogP contribution in [0, 0.1) is 0 Å². The first-order valence-corrected chi connectivity index (χ1v) is 17.8. The molecular weight excluding hydrogens is 617 g/mol. The van der Waals surface area contributed by atoms with Crippen molar-refractivity contribution < 1.29 is 0 Å². The molecule has 51 heavy (non-hydrogen) atoms. The van der Waals surface area contributed by atoms with Crippen LogP contribution in [0.15, 0.2) is 182 Å². The summed E-state index contributed by atoms with van der Waals surface area (Å²) in [6.45, 7) is 4.77. The van der Waals surface area contributed by atoms with E-state index >= 15 is 0 Å². The van der Waals surface area contributed by atoms with Gasteiger partial charge in [-0.05, 0) is 75.2 Å². The quantitative estimate of drug-likeness (QED) is 0.180. The van der Waals surface area contributed by atoms with Crippen molar-refractivity contribution in [3.8, 4) is 27.9 Å². The molecule has 2 heteroatoms. The standard InChI is InChI=1S/C49H36N2/c1-49(2)42-26-11-8-22-38(42)41-25-15-29-45(47(41)49)50(36-20-14-19-35(32-36)33-16-4-3-5-17-33)48-37-21-7-6-18-34(37)30-31-46(48)51-43-27-12-9-23-39(43)40-24-10-13-28-44(40)51/h3-32H,1-2H3. The number of anilines is 3. The highest BCUT2D eigenvalue weighted by atomic mass is 15.2. The summed E-state index contributed by atoms with van der Waals surface area (Å²) in [4.78, 5) is 2.56. The first-order valence-electron chi connectivity index (χ1n) is 17.8. The zero-order valence-corrected chi connectivity index (χ0v) is 28.7. The number of hydrogen-bond acceptors (Lipinski definition) is 1. The zero-order valence-electron chi connectivity index (χ0n) is 28.7. The Morgan fingerprint density at radius 3 is 1.86 bits per heavy atom. The van der Waals surface area contributed by atoms with Crippen molar-refractivity contribution in [2.24, 2.45) is 0 Å². The average molecular weight is 653 g/mol. The van der Waals surface area contributed by atoms with Crippen molar-refractivity contribution in [2.45, 2.75) is 19.3 Å². The fourth-order valence-corrected chi connectivity index (χ4v) is 8.69. The molecule has 0 saturated heterocycles. The van der Waals surface area contributed by atoms with E-state index in [1.807, 2.05) is 0 Å². The summed E-state index contributed by atoms with van der Waals surface area (Å²) < 4.78 is 2.48. The maximum absolute atomic E-state index is 2.56. The highest BCUT2D eigenvalue weighted by Gasteiger charge is 2.39. The zero-order chi connectivity index (χ0) is 34.1. The molecular formula is C49H36N2. The first-order chi connectivity index (χ1) is 25.1. The minimum atomic E-state index is -0.213. The minimum Gasteiger partial charge on any atom is -0.307 e. The predicted molar refractivity (Wildman–Crippen MR) is 216 cm³/mol. The van der Waals surface area contributed by atoms with E-state index < -0.39 is 0 Å². The largest absolute Gasteiger partial charge is 0.307 e. The summed E-state index contributed by atoms with van der Waals surface area (Å²) >= 11 is 0. The van der Waals surface area contributed by atoms with E-state index in [4.69, 9.17) is 0 Å². The molecule has 0 atom stereocenters. The number of benzene rings is 8. The molecule has 0 spiro atoms. The van der Waals surface area contributed by atoms with Gasteiger partial charge in [0.05, 0.1) is 28.1 Å². The second-order valence-corrected chi connectivity index (χ2v) is 14.1. The number of para-hydroxylation sites is 2. The van der Waals surface area contributed by atoms with Crippen molar-refractivity contribution in [1.29, 1.82) is 0 Å². The lowest BCUT2D eigenvalue weighted by Gasteiger charge is -2.34. The summed E-state index contributed by atoms with van der Waals surface area (Å²) in [5, 5.41) is 4.91. The van der Waals surface area contributed by atoms with Crippen LogP contribution in [0.2, 0.25) is 0 Å². The van der Waals surface area contributed by atoms with Gasteiger partial charge in [-0.1, -0.05) is 159 Å². The first kappa shape index (κ1) is 29.5. The fraction of sp³-hybridized carbons (Fsp3) is 0.0612. The maximum Gasteiger partial charge on any atom is 0.0781 e. The van der Waals surface area contributed by atoms with E-state index in [2.05, 4.69) is 205 Å². The van der Waals surface area contributed by atoms with Crippen molar-refractivity contribution in [3.05, 3.63) is 193 Å². The van der Waals surface area contributed by atoms with Gasteiger partial charge in [-0.15, -0.1) is 0 Å². The molecule has 0 aliphatic heterocycles. The second-order valence-electron chi connectivity index (χ2n) is 14.1. The highest BCUT2D eigenvalue weighted by Crippen LogP contribution is 2.55. The van der Waals surface area contributed by atoms with Crippen LogP contribution < -0.4 is 4.90 Å². The average Bonchev–Trinajstić information content (AvgIpc) is 3.64. The van der Waals surface area contributed by atoms with E-state index in [1.54, 1.807) is 0 Å². The molecule has 1 aliphatic carbocycles. The molecule has 242 valence electrons. The van der Waals surface area contributed by atoms with Crippen molar-refractivity contribution in [3.63, 3.8) is 0 Å². The van der Waals surface area contributed by atoms with E-state index in [9.17, 15) is 0 Å². The number of fused-ring (bicyclic) bond motifs is 7. The van der Waals surface area contributed by atoms with Gasteiger partial charge in [0, 0.05) is 27.3 Å². The van der Waals surface area contributed by atoms with E-state index in [-0.39, 0.29) is 5.41 Å². The Hall–Kier alpha value is -6.38. The molecule has 0 saturated carbocycles. The summed E-state index contributed by atoms with van der Waals surface area (Å²) in [6.07, 6.45) is 0. The maximum atomic E-state index is 2.56. The van der Waals surface area contributed by atoms with Gasteiger partial charge in [0.1, 0.15) is 0 Å². The van der Waals surface area contributed by atoms with Crippen LogP contribution in [-0.4, -0.2) is 4.57 Å². The van der Waals surface area contributed by atoms with Gasteiger partial charge >= 0.3 is 0 Å². The molecule has 0 amide bonds. The molecule has 0 bridgehead atoms. The Morgan fingerprint density at radius 2 is 1.08 bits per heavy atom. The van der Waals surface area contributed by atoms with Crippen molar-refractivity contribution >= 4 is 49.6 Å². The second kappa shape index (κ2) is 11.3. The fourth-order valence-electron chi connectivity index (χ4n) is 8.69. The normalized spacial score (nSPS) is 13.1. The van der Waals surface area contributed by atoms with Gasteiger partial charge in [0.15, 0.2) is 0 Å². The Kier molecular flexibility index (Phi) is 6.56. The lowest BCUT2D eigenvalue weighted by Crippen LogP contribution is -2.21. The highest BCUT2D eigenvalue weighted by molar-refractivity contribution is 6.12. The van der Waals surface area contributed by atoms with Crippen LogP contribution in [0.1, 0.15) is 25.0 Å². The van der Waals surface area contributed by atoms with E-state index in [0.29, 0.717) is 0 Å². The topological polar surface area (TPSA) is 8.17 Å². The Balaban J connectivity index is 1.36. The molecule has 1 heterocycles. The molecule has 10 rings (SSSR count). The SMILES string of the molecule is CC1(C)c2ccccc2-c2cccc(N(c3cccc(-c4ccccc4)c3)c3c(-n4c5ccccc5c5ccccc54)ccc4ccccc34)c21. The smallest absolute Gasteiger partial charge is 0.0781 e. The predicted octanol–water partition coefficient (Wildman–Crippen LogP) is 13.4. The molecule has 0 radical (unpaired) electrons. The Labute approximate surface area is 298 Å². The van der Waals surface area contributed by atoms with Crippen LogP contribution >= 0.6 is 0 Å². The minimum absolute atomic E-state index is 0.213. The summed E-state index contributed by atoms with van der Waals surface area (Å²) in [5.74, 6) is 0. The molecule has 1 aliphatic rings. The van der Waals surface area contributed by atoms with Gasteiger partial charge in [-0.3, -0.25) is 0 Å². The van der Waals surface area contributed by atoms with E-state index in [0.717, 1.165) is 17.1 Å². The molecule has 0 fully saturated rings. The van der Waals surface area contributed by atoms with Crippen LogP contribution in [0.5, 0.6) is 0 Å². The van der Waals surface area contributed by atoms with E-state index in [1.165, 1.54) is 71.6 Å².